The number of Topliss-reactive ketones (excluding diaryl/α,β-unsaturated/α-hetero) is 1. The number of carbonyl (C=O) groups excluding carboxylic acids is 2. The number of benzene rings is 1. The van der Waals surface area contributed by atoms with Crippen LogP contribution in [0.25, 0.3) is 0 Å². The van der Waals surface area contributed by atoms with Crippen LogP contribution in [0.4, 0.5) is 10.1 Å². The van der Waals surface area contributed by atoms with Crippen LogP contribution in [0.3, 0.4) is 0 Å². The third kappa shape index (κ3) is 10.1. The normalized spacial score (nSPS) is 14.2. The highest BCUT2D eigenvalue weighted by molar-refractivity contribution is 6.40. The number of ketones is 1. The number of carbonyl (C=O) groups is 3. The van der Waals surface area contributed by atoms with E-state index in [9.17, 15) is 23.9 Å². The van der Waals surface area contributed by atoms with Gasteiger partial charge in [-0.3, -0.25) is 9.59 Å². The summed E-state index contributed by atoms with van der Waals surface area (Å²) >= 11 is 0. The average molecular weight is 526 g/mol. The Labute approximate surface area is 227 Å². The summed E-state index contributed by atoms with van der Waals surface area (Å²) in [4.78, 5) is 37.3. The van der Waals surface area contributed by atoms with Crippen molar-refractivity contribution in [2.45, 2.75) is 82.1 Å². The van der Waals surface area contributed by atoms with Crippen molar-refractivity contribution in [1.82, 2.24) is 0 Å². The zero-order valence-electron chi connectivity index (χ0n) is 24.6. The van der Waals surface area contributed by atoms with Gasteiger partial charge in [0, 0.05) is 16.8 Å². The van der Waals surface area contributed by atoms with Gasteiger partial charge in [0.15, 0.2) is 0 Å². The third-order valence-corrected chi connectivity index (χ3v) is 6.31. The number of rotatable bonds is 11. The predicted molar refractivity (Wildman–Crippen MR) is 156 cm³/mol. The van der Waals surface area contributed by atoms with Crippen molar-refractivity contribution in [3.05, 3.63) is 87.3 Å². The molecule has 208 valence electrons. The van der Waals surface area contributed by atoms with E-state index in [0.717, 1.165) is 12.0 Å². The summed E-state index contributed by atoms with van der Waals surface area (Å²) in [6, 6.07) is 4.26. The molecular formula is C32H44FNO4. The van der Waals surface area contributed by atoms with Crippen LogP contribution in [0.1, 0.15) is 80.7 Å². The number of halogens is 1. The fourth-order valence-corrected chi connectivity index (χ4v) is 3.59. The lowest BCUT2D eigenvalue weighted by Crippen LogP contribution is -2.22. The quantitative estimate of drug-likeness (QED) is 0.173. The maximum absolute atomic E-state index is 13.8. The van der Waals surface area contributed by atoms with Crippen LogP contribution in [-0.2, 0) is 14.4 Å². The largest absolute Gasteiger partial charge is 0.475 e. The molecule has 0 fully saturated rings. The van der Waals surface area contributed by atoms with E-state index in [0.29, 0.717) is 23.2 Å². The molecule has 1 aromatic carbocycles. The molecule has 0 saturated carbocycles. The van der Waals surface area contributed by atoms with Gasteiger partial charge in [-0.1, -0.05) is 64.5 Å². The molecule has 2 N–H and O–H groups in total. The van der Waals surface area contributed by atoms with E-state index in [4.69, 9.17) is 0 Å². The first-order chi connectivity index (χ1) is 17.8. The molecule has 1 rings (SSSR count). The van der Waals surface area contributed by atoms with Gasteiger partial charge in [-0.25, -0.2) is 9.18 Å². The monoisotopic (exact) mass is 525 g/mol. The van der Waals surface area contributed by atoms with Gasteiger partial charge in [-0.2, -0.15) is 0 Å². The van der Waals surface area contributed by atoms with E-state index in [2.05, 4.69) is 12.2 Å². The first kappa shape index (κ1) is 34.5. The number of hydrogen-bond donors (Lipinski definition) is 2. The van der Waals surface area contributed by atoms with Gasteiger partial charge in [-0.15, -0.1) is 0 Å². The molecule has 0 aliphatic heterocycles. The molecule has 0 heterocycles. The van der Waals surface area contributed by atoms with Crippen LogP contribution in [0, 0.1) is 18.7 Å². The maximum Gasteiger partial charge on any atom is 0.376 e. The Morgan fingerprint density at radius 2 is 1.58 bits per heavy atom. The Hall–Kier alpha value is -3.54. The van der Waals surface area contributed by atoms with Crippen LogP contribution < -0.4 is 5.32 Å². The number of carboxylic acids is 1. The minimum absolute atomic E-state index is 0.0198. The van der Waals surface area contributed by atoms with Crippen molar-refractivity contribution < 1.29 is 23.9 Å². The van der Waals surface area contributed by atoms with Gasteiger partial charge in [0.2, 0.25) is 0 Å². The van der Waals surface area contributed by atoms with E-state index in [1.807, 2.05) is 65.8 Å². The highest BCUT2D eigenvalue weighted by atomic mass is 19.1. The molecule has 0 aliphatic rings. The zero-order chi connectivity index (χ0) is 29.6. The van der Waals surface area contributed by atoms with E-state index in [1.54, 1.807) is 13.8 Å². The SMILES string of the molecule is CC.CCC(C)=C\C=C/C=C(C)/C(=C(C(=O)Nc1ccc(F)c(C)c1)/C(C)=C(\C)C(=O)C(=O)O)C(C)CC. The molecule has 0 bridgehead atoms. The molecule has 0 aliphatic carbocycles. The summed E-state index contributed by atoms with van der Waals surface area (Å²) in [5, 5.41) is 12.1. The number of aryl methyl sites for hydroxylation is 1. The van der Waals surface area contributed by atoms with Crippen molar-refractivity contribution >= 4 is 23.3 Å². The van der Waals surface area contributed by atoms with Crippen molar-refractivity contribution in [3.63, 3.8) is 0 Å². The second kappa shape index (κ2) is 17.1. The molecule has 38 heavy (non-hydrogen) atoms. The number of hydrogen-bond acceptors (Lipinski definition) is 3. The lowest BCUT2D eigenvalue weighted by molar-refractivity contribution is -0.147. The Balaban J connectivity index is 0.00000667. The van der Waals surface area contributed by atoms with Gasteiger partial charge >= 0.3 is 5.97 Å². The molecule has 0 radical (unpaired) electrons. The standard InChI is InChI=1S/C30H38FNO4.C2H6/c1-9-18(3)13-11-12-14-20(5)26(19(4)10-2)27(22(7)23(8)28(33)30(35)36)29(34)32-24-15-16-25(31)21(6)17-24;1-2/h11-17,19H,9-10H2,1-8H3,(H,32,34)(H,35,36);1-2H3/b12-11-,18-13?,20-14+,23-22+,27-26-;. The molecule has 5 nitrogen and oxygen atoms in total. The number of anilines is 1. The van der Waals surface area contributed by atoms with Gasteiger partial charge in [0.1, 0.15) is 5.82 Å². The van der Waals surface area contributed by atoms with E-state index < -0.39 is 17.7 Å². The predicted octanol–water partition coefficient (Wildman–Crippen LogP) is 8.29. The van der Waals surface area contributed by atoms with Crippen molar-refractivity contribution in [3.8, 4) is 0 Å². The number of carboxylic acid groups (broad SMARTS) is 1. The topological polar surface area (TPSA) is 83.5 Å². The molecule has 1 atom stereocenters. The number of amides is 1. The highest BCUT2D eigenvalue weighted by Gasteiger charge is 2.26. The molecule has 6 heteroatoms. The molecule has 0 saturated heterocycles. The van der Waals surface area contributed by atoms with E-state index >= 15 is 0 Å². The van der Waals surface area contributed by atoms with Crippen molar-refractivity contribution in [1.29, 1.82) is 0 Å². The van der Waals surface area contributed by atoms with Gasteiger partial charge < -0.3 is 10.4 Å². The highest BCUT2D eigenvalue weighted by Crippen LogP contribution is 2.32. The lowest BCUT2D eigenvalue weighted by Gasteiger charge is -2.22. The van der Waals surface area contributed by atoms with Gasteiger partial charge in [-0.05, 0) is 93.9 Å². The lowest BCUT2D eigenvalue weighted by atomic mass is 9.83. The van der Waals surface area contributed by atoms with Crippen LogP contribution in [-0.4, -0.2) is 22.8 Å². The molecule has 1 amide bonds. The fourth-order valence-electron chi connectivity index (χ4n) is 3.59. The van der Waals surface area contributed by atoms with Gasteiger partial charge in [0.25, 0.3) is 11.7 Å². The Bertz CT molecular complexity index is 1170. The van der Waals surface area contributed by atoms with Crippen molar-refractivity contribution in [2.24, 2.45) is 5.92 Å². The Morgan fingerprint density at radius 1 is 1.00 bits per heavy atom. The molecular weight excluding hydrogens is 481 g/mol. The summed E-state index contributed by atoms with van der Waals surface area (Å²) in [5.41, 5.74) is 4.04. The number of nitrogens with one attached hydrogen (secondary N) is 1. The molecule has 0 spiro atoms. The second-order valence-electron chi connectivity index (χ2n) is 9.00. The van der Waals surface area contributed by atoms with Crippen LogP contribution in [0.2, 0.25) is 0 Å². The number of aliphatic carboxylic acids is 1. The summed E-state index contributed by atoms with van der Waals surface area (Å²) in [6.45, 7) is 18.6. The summed E-state index contributed by atoms with van der Waals surface area (Å²) < 4.78 is 13.8. The minimum Gasteiger partial charge on any atom is -0.475 e. The third-order valence-electron chi connectivity index (χ3n) is 6.31. The van der Waals surface area contributed by atoms with Crippen LogP contribution >= 0.6 is 0 Å². The first-order valence-corrected chi connectivity index (χ1v) is 13.1. The molecule has 1 unspecified atom stereocenters. The van der Waals surface area contributed by atoms with E-state index in [-0.39, 0.29) is 28.5 Å². The summed E-state index contributed by atoms with van der Waals surface area (Å²) in [6.07, 6.45) is 9.40. The Morgan fingerprint density at radius 3 is 2.08 bits per heavy atom. The molecule has 0 aromatic heterocycles. The van der Waals surface area contributed by atoms with E-state index in [1.165, 1.54) is 30.7 Å². The van der Waals surface area contributed by atoms with Crippen LogP contribution in [0.5, 0.6) is 0 Å². The maximum atomic E-state index is 13.8. The second-order valence-corrected chi connectivity index (χ2v) is 9.00. The Kier molecular flexibility index (Phi) is 15.5. The van der Waals surface area contributed by atoms with Gasteiger partial charge in [0.05, 0.1) is 0 Å². The van der Waals surface area contributed by atoms with Crippen molar-refractivity contribution in [2.75, 3.05) is 5.32 Å². The molecule has 1 aromatic rings. The first-order valence-electron chi connectivity index (χ1n) is 13.1. The minimum atomic E-state index is -1.58. The fraction of sp³-hybridized carbons (Fsp3) is 0.406. The average Bonchev–Trinajstić information content (AvgIpc) is 2.90. The number of allylic oxidation sites excluding steroid dienone is 7. The van der Waals surface area contributed by atoms with Crippen LogP contribution in [0.15, 0.2) is 75.9 Å². The summed E-state index contributed by atoms with van der Waals surface area (Å²) in [7, 11) is 0. The smallest absolute Gasteiger partial charge is 0.376 e. The summed E-state index contributed by atoms with van der Waals surface area (Å²) in [5.74, 6) is -3.61. The zero-order valence-corrected chi connectivity index (χ0v) is 24.6.